The molecule has 11 heteroatoms. The number of non-ortho nitro benzene ring substituents is 1. The van der Waals surface area contributed by atoms with Crippen LogP contribution in [0, 0.1) is 10.1 Å². The highest BCUT2D eigenvalue weighted by Crippen LogP contribution is 2.28. The second-order valence-electron chi connectivity index (χ2n) is 6.25. The summed E-state index contributed by atoms with van der Waals surface area (Å²) in [5, 5.41) is 27.0. The Morgan fingerprint density at radius 2 is 1.97 bits per heavy atom. The summed E-state index contributed by atoms with van der Waals surface area (Å²) in [5.41, 5.74) is -0.215. The van der Waals surface area contributed by atoms with Gasteiger partial charge in [-0.15, -0.1) is 0 Å². The van der Waals surface area contributed by atoms with E-state index >= 15 is 0 Å². The number of fused-ring (bicyclic) bond motifs is 1. The van der Waals surface area contributed by atoms with Crippen LogP contribution >= 0.6 is 0 Å². The second-order valence-corrected chi connectivity index (χ2v) is 6.25. The highest BCUT2D eigenvalue weighted by molar-refractivity contribution is 5.91. The van der Waals surface area contributed by atoms with Gasteiger partial charge in [-0.1, -0.05) is 18.2 Å². The largest absolute Gasteiger partial charge is 0.495 e. The molecule has 0 saturated heterocycles. The van der Waals surface area contributed by atoms with Crippen molar-refractivity contribution < 1.29 is 14.5 Å². The number of carbonyl (C=O) groups is 1. The van der Waals surface area contributed by atoms with E-state index in [1.165, 1.54) is 25.3 Å². The highest BCUT2D eigenvalue weighted by Gasteiger charge is 2.13. The third-order valence-electron chi connectivity index (χ3n) is 4.27. The Labute approximate surface area is 170 Å². The van der Waals surface area contributed by atoms with E-state index in [0.717, 1.165) is 0 Å². The minimum atomic E-state index is -0.553. The quantitative estimate of drug-likeness (QED) is 0.252. The summed E-state index contributed by atoms with van der Waals surface area (Å²) in [5.74, 6) is 0.865. The van der Waals surface area contributed by atoms with Crippen molar-refractivity contribution in [3.63, 3.8) is 0 Å². The lowest BCUT2D eigenvalue weighted by atomic mass is 10.2. The molecule has 0 fully saturated rings. The SMILES string of the molecule is COc1ccc([N+](=O)[O-])cc1NC(=O)NCCCNc1n[nH]c(=O)c2ccccc12. The van der Waals surface area contributed by atoms with Crippen molar-refractivity contribution in [2.75, 3.05) is 30.8 Å². The summed E-state index contributed by atoms with van der Waals surface area (Å²) in [4.78, 5) is 34.2. The lowest BCUT2D eigenvalue weighted by molar-refractivity contribution is -0.384. The van der Waals surface area contributed by atoms with Gasteiger partial charge >= 0.3 is 6.03 Å². The van der Waals surface area contributed by atoms with Crippen LogP contribution in [0.15, 0.2) is 47.3 Å². The van der Waals surface area contributed by atoms with Gasteiger partial charge in [-0.25, -0.2) is 9.89 Å². The van der Waals surface area contributed by atoms with E-state index in [0.29, 0.717) is 41.9 Å². The van der Waals surface area contributed by atoms with Crippen molar-refractivity contribution in [2.45, 2.75) is 6.42 Å². The zero-order chi connectivity index (χ0) is 21.5. The number of urea groups is 1. The van der Waals surface area contributed by atoms with E-state index in [2.05, 4.69) is 26.1 Å². The van der Waals surface area contributed by atoms with Crippen LogP contribution in [0.1, 0.15) is 6.42 Å². The number of carbonyl (C=O) groups excluding carboxylic acids is 1. The van der Waals surface area contributed by atoms with Gasteiger partial charge in [0, 0.05) is 30.6 Å². The number of H-pyrrole nitrogens is 1. The van der Waals surface area contributed by atoms with Crippen LogP contribution < -0.4 is 26.2 Å². The summed E-state index contributed by atoms with van der Waals surface area (Å²) in [6.45, 7) is 0.848. The average Bonchev–Trinajstić information content (AvgIpc) is 2.75. The molecule has 1 heterocycles. The van der Waals surface area contributed by atoms with Gasteiger partial charge in [0.25, 0.3) is 11.2 Å². The number of aromatic amines is 1. The molecule has 2 amide bonds. The number of hydrogen-bond donors (Lipinski definition) is 4. The molecule has 0 radical (unpaired) electrons. The minimum absolute atomic E-state index is 0.157. The van der Waals surface area contributed by atoms with Gasteiger partial charge in [-0.05, 0) is 18.6 Å². The number of nitro benzene ring substituents is 1. The number of nitro groups is 1. The van der Waals surface area contributed by atoms with Crippen molar-refractivity contribution in [1.82, 2.24) is 15.5 Å². The molecular weight excluding hydrogens is 392 g/mol. The molecule has 0 bridgehead atoms. The molecule has 0 unspecified atom stereocenters. The topological polar surface area (TPSA) is 151 Å². The van der Waals surface area contributed by atoms with E-state index in [-0.39, 0.29) is 16.9 Å². The Hall–Kier alpha value is -4.15. The third kappa shape index (κ3) is 4.82. The van der Waals surface area contributed by atoms with Gasteiger partial charge < -0.3 is 20.7 Å². The Balaban J connectivity index is 1.50. The molecule has 3 rings (SSSR count). The molecule has 0 aliphatic heterocycles. The molecule has 0 spiro atoms. The standard InChI is InChI=1S/C19H20N6O5/c1-30-16-8-7-12(25(28)29)11-15(16)22-19(27)21-10-4-9-20-17-13-5-2-3-6-14(13)18(26)24-23-17/h2-3,5-8,11H,4,9-10H2,1H3,(H,20,23)(H,24,26)(H2,21,22,27). The first-order valence-electron chi connectivity index (χ1n) is 9.08. The number of nitrogens with zero attached hydrogens (tertiary/aromatic N) is 2. The number of benzene rings is 2. The molecule has 0 atom stereocenters. The molecule has 0 saturated carbocycles. The first kappa shape index (κ1) is 20.6. The summed E-state index contributed by atoms with van der Waals surface area (Å²) >= 11 is 0. The van der Waals surface area contributed by atoms with Crippen LogP contribution in [-0.4, -0.2) is 41.4 Å². The molecule has 156 valence electrons. The van der Waals surface area contributed by atoms with Gasteiger partial charge in [0.05, 0.1) is 23.1 Å². The number of ether oxygens (including phenoxy) is 1. The molecule has 0 aliphatic carbocycles. The number of hydrogen-bond acceptors (Lipinski definition) is 7. The molecule has 4 N–H and O–H groups in total. The lowest BCUT2D eigenvalue weighted by Gasteiger charge is -2.11. The first-order chi connectivity index (χ1) is 14.5. The molecule has 30 heavy (non-hydrogen) atoms. The highest BCUT2D eigenvalue weighted by atomic mass is 16.6. The van der Waals surface area contributed by atoms with E-state index in [1.54, 1.807) is 18.2 Å². The van der Waals surface area contributed by atoms with Gasteiger partial charge in [0.1, 0.15) is 5.75 Å². The van der Waals surface area contributed by atoms with Gasteiger partial charge in [0.2, 0.25) is 0 Å². The number of anilines is 2. The van der Waals surface area contributed by atoms with Crippen molar-refractivity contribution in [3.05, 3.63) is 62.9 Å². The van der Waals surface area contributed by atoms with Gasteiger partial charge in [-0.2, -0.15) is 5.10 Å². The number of methoxy groups -OCH3 is 1. The zero-order valence-corrected chi connectivity index (χ0v) is 16.1. The molecule has 11 nitrogen and oxygen atoms in total. The van der Waals surface area contributed by atoms with Crippen LogP contribution in [0.4, 0.5) is 22.0 Å². The fraction of sp³-hybridized carbons (Fsp3) is 0.211. The van der Waals surface area contributed by atoms with Crippen LogP contribution in [0.5, 0.6) is 5.75 Å². The predicted octanol–water partition coefficient (Wildman–Crippen LogP) is 2.46. The van der Waals surface area contributed by atoms with Crippen LogP contribution in [0.3, 0.4) is 0 Å². The smallest absolute Gasteiger partial charge is 0.319 e. The monoisotopic (exact) mass is 412 g/mol. The number of amides is 2. The average molecular weight is 412 g/mol. The van der Waals surface area contributed by atoms with E-state index in [4.69, 9.17) is 4.74 Å². The number of nitrogens with one attached hydrogen (secondary N) is 4. The summed E-state index contributed by atoms with van der Waals surface area (Å²) in [6.07, 6.45) is 0.578. The summed E-state index contributed by atoms with van der Waals surface area (Å²) in [6, 6.07) is 10.5. The summed E-state index contributed by atoms with van der Waals surface area (Å²) in [7, 11) is 1.41. The first-order valence-corrected chi connectivity index (χ1v) is 9.08. The van der Waals surface area contributed by atoms with Crippen LogP contribution in [0.25, 0.3) is 10.8 Å². The number of aromatic nitrogens is 2. The van der Waals surface area contributed by atoms with Crippen molar-refractivity contribution in [2.24, 2.45) is 0 Å². The summed E-state index contributed by atoms with van der Waals surface area (Å²) < 4.78 is 5.11. The minimum Gasteiger partial charge on any atom is -0.495 e. The number of rotatable bonds is 8. The zero-order valence-electron chi connectivity index (χ0n) is 16.1. The maximum Gasteiger partial charge on any atom is 0.319 e. The van der Waals surface area contributed by atoms with Gasteiger partial charge in [0.15, 0.2) is 5.82 Å². The van der Waals surface area contributed by atoms with Crippen LogP contribution in [0.2, 0.25) is 0 Å². The van der Waals surface area contributed by atoms with E-state index in [1.807, 2.05) is 6.07 Å². The predicted molar refractivity (Wildman–Crippen MR) is 112 cm³/mol. The normalized spacial score (nSPS) is 10.4. The molecule has 2 aromatic carbocycles. The Kier molecular flexibility index (Phi) is 6.42. The Bertz CT molecular complexity index is 1130. The lowest BCUT2D eigenvalue weighted by Crippen LogP contribution is -2.30. The second kappa shape index (κ2) is 9.37. The van der Waals surface area contributed by atoms with E-state index in [9.17, 15) is 19.7 Å². The molecule has 3 aromatic rings. The van der Waals surface area contributed by atoms with Crippen molar-refractivity contribution in [1.29, 1.82) is 0 Å². The Morgan fingerprint density at radius 3 is 2.70 bits per heavy atom. The van der Waals surface area contributed by atoms with Crippen molar-refractivity contribution >= 4 is 34.0 Å². The maximum atomic E-state index is 12.1. The Morgan fingerprint density at radius 1 is 1.20 bits per heavy atom. The van der Waals surface area contributed by atoms with E-state index < -0.39 is 11.0 Å². The maximum absolute atomic E-state index is 12.1. The fourth-order valence-corrected chi connectivity index (χ4v) is 2.82. The molecular formula is C19H20N6O5. The van der Waals surface area contributed by atoms with Crippen LogP contribution in [-0.2, 0) is 0 Å². The van der Waals surface area contributed by atoms with Gasteiger partial charge in [-0.3, -0.25) is 14.9 Å². The third-order valence-corrected chi connectivity index (χ3v) is 4.27. The fourth-order valence-electron chi connectivity index (χ4n) is 2.82. The molecule has 1 aromatic heterocycles. The molecule has 0 aliphatic rings. The van der Waals surface area contributed by atoms with Crippen molar-refractivity contribution in [3.8, 4) is 5.75 Å².